The maximum absolute atomic E-state index is 6.09. The van der Waals surface area contributed by atoms with Crippen LogP contribution in [0.3, 0.4) is 0 Å². The van der Waals surface area contributed by atoms with Crippen LogP contribution in [0.2, 0.25) is 0 Å². The number of hydrogen-bond acceptors (Lipinski definition) is 4. The number of nitrogens with one attached hydrogen (secondary N) is 1. The van der Waals surface area contributed by atoms with Gasteiger partial charge in [0.25, 0.3) is 0 Å². The number of ether oxygens (including phenoxy) is 2. The maximum Gasteiger partial charge on any atom is 0.218 e. The molecule has 7 heteroatoms. The fraction of sp³-hybridized carbons (Fsp3) is 0.684. The van der Waals surface area contributed by atoms with Gasteiger partial charge in [0, 0.05) is 43.2 Å². The lowest BCUT2D eigenvalue weighted by atomic mass is 9.82. The predicted octanol–water partition coefficient (Wildman–Crippen LogP) is 2.67. The highest BCUT2D eigenvalue weighted by Gasteiger charge is 2.53. The molecule has 3 fully saturated rings. The fourth-order valence-electron chi connectivity index (χ4n) is 4.53. The zero-order valence-corrected chi connectivity index (χ0v) is 17.9. The van der Waals surface area contributed by atoms with Crippen LogP contribution in [0.25, 0.3) is 0 Å². The van der Waals surface area contributed by atoms with Gasteiger partial charge < -0.3 is 19.7 Å². The van der Waals surface area contributed by atoms with Gasteiger partial charge in [-0.1, -0.05) is 6.07 Å². The summed E-state index contributed by atoms with van der Waals surface area (Å²) in [5, 5.41) is 3.46. The number of fused-ring (bicyclic) bond motifs is 5. The number of nitrogens with zero attached hydrogens (tertiary/aromatic N) is 3. The summed E-state index contributed by atoms with van der Waals surface area (Å²) in [6, 6.07) is 3.98. The molecular weight excluding hydrogens is 443 g/mol. The van der Waals surface area contributed by atoms with Crippen molar-refractivity contribution in [2.24, 2.45) is 16.8 Å². The number of hydrogen-bond donors (Lipinski definition) is 1. The molecule has 26 heavy (non-hydrogen) atoms. The summed E-state index contributed by atoms with van der Waals surface area (Å²) in [6.07, 6.45) is 5.19. The molecule has 0 aromatic carbocycles. The molecule has 0 radical (unpaired) electrons. The minimum atomic E-state index is 0. The largest absolute Gasteiger partial charge is 0.478 e. The standard InChI is InChI=1S/C19H28N4O2.HI/c1-3-20-19(22-10-13-6-5-9-21-18(13)24-4-2)23-11-14-15(12-23)17-8-7-16(14)25-17;/h5-6,9,14-17H,3-4,7-8,10-12H2,1-2H3,(H,20,22);1H. The van der Waals surface area contributed by atoms with Crippen molar-refractivity contribution in [3.8, 4) is 5.88 Å². The third-order valence-electron chi connectivity index (χ3n) is 5.62. The van der Waals surface area contributed by atoms with Crippen molar-refractivity contribution >= 4 is 29.9 Å². The smallest absolute Gasteiger partial charge is 0.218 e. The van der Waals surface area contributed by atoms with Crippen LogP contribution in [-0.4, -0.2) is 54.3 Å². The Balaban J connectivity index is 0.00000196. The Morgan fingerprint density at radius 3 is 2.69 bits per heavy atom. The van der Waals surface area contributed by atoms with Crippen LogP contribution < -0.4 is 10.1 Å². The van der Waals surface area contributed by atoms with Gasteiger partial charge in [-0.25, -0.2) is 9.98 Å². The summed E-state index contributed by atoms with van der Waals surface area (Å²) >= 11 is 0. The van der Waals surface area contributed by atoms with Crippen molar-refractivity contribution in [1.29, 1.82) is 0 Å². The van der Waals surface area contributed by atoms with E-state index in [0.717, 1.165) is 31.2 Å². The summed E-state index contributed by atoms with van der Waals surface area (Å²) in [6.45, 7) is 8.29. The molecule has 4 rings (SSSR count). The Bertz CT molecular complexity index is 624. The van der Waals surface area contributed by atoms with Crippen LogP contribution in [0.4, 0.5) is 0 Å². The number of aromatic nitrogens is 1. The molecule has 2 bridgehead atoms. The van der Waals surface area contributed by atoms with Gasteiger partial charge in [-0.05, 0) is 32.8 Å². The van der Waals surface area contributed by atoms with Crippen molar-refractivity contribution in [3.05, 3.63) is 23.9 Å². The van der Waals surface area contributed by atoms with Crippen LogP contribution in [-0.2, 0) is 11.3 Å². The Kier molecular flexibility index (Phi) is 6.60. The molecule has 1 aromatic rings. The second-order valence-electron chi connectivity index (χ2n) is 7.09. The van der Waals surface area contributed by atoms with E-state index in [2.05, 4.69) is 22.1 Å². The van der Waals surface area contributed by atoms with Gasteiger partial charge in [0.15, 0.2) is 5.96 Å². The lowest BCUT2D eigenvalue weighted by Crippen LogP contribution is -2.41. The lowest BCUT2D eigenvalue weighted by Gasteiger charge is -2.23. The highest BCUT2D eigenvalue weighted by molar-refractivity contribution is 14.0. The number of halogens is 1. The summed E-state index contributed by atoms with van der Waals surface area (Å²) < 4.78 is 11.7. The molecule has 1 aromatic heterocycles. The second kappa shape index (κ2) is 8.73. The Morgan fingerprint density at radius 2 is 2.04 bits per heavy atom. The van der Waals surface area contributed by atoms with E-state index in [1.807, 2.05) is 19.1 Å². The number of pyridine rings is 1. The minimum Gasteiger partial charge on any atom is -0.478 e. The molecular formula is C19H29IN4O2. The molecule has 6 nitrogen and oxygen atoms in total. The number of aliphatic imine (C=N–C) groups is 1. The molecule has 4 heterocycles. The first kappa shape index (κ1) is 19.7. The van der Waals surface area contributed by atoms with E-state index in [-0.39, 0.29) is 24.0 Å². The molecule has 0 amide bonds. The molecule has 1 N–H and O–H groups in total. The second-order valence-corrected chi connectivity index (χ2v) is 7.09. The molecule has 3 saturated heterocycles. The van der Waals surface area contributed by atoms with E-state index in [1.165, 1.54) is 12.8 Å². The van der Waals surface area contributed by atoms with Crippen molar-refractivity contribution in [2.75, 3.05) is 26.2 Å². The van der Waals surface area contributed by atoms with Crippen LogP contribution in [0, 0.1) is 11.8 Å². The molecule has 3 aliphatic rings. The SMILES string of the molecule is CCNC(=NCc1cccnc1OCC)N1CC2C3CCC(O3)C2C1.I. The number of rotatable bonds is 5. The van der Waals surface area contributed by atoms with Gasteiger partial charge in [0.1, 0.15) is 0 Å². The summed E-state index contributed by atoms with van der Waals surface area (Å²) in [5.74, 6) is 3.05. The lowest BCUT2D eigenvalue weighted by molar-refractivity contribution is 0.0767. The van der Waals surface area contributed by atoms with Gasteiger partial charge >= 0.3 is 0 Å². The molecule has 4 unspecified atom stereocenters. The average Bonchev–Trinajstić information content (AvgIpc) is 3.32. The van der Waals surface area contributed by atoms with Gasteiger partial charge in [0.2, 0.25) is 5.88 Å². The third-order valence-corrected chi connectivity index (χ3v) is 5.62. The van der Waals surface area contributed by atoms with E-state index in [4.69, 9.17) is 14.5 Å². The topological polar surface area (TPSA) is 59.0 Å². The minimum absolute atomic E-state index is 0. The Hall–Kier alpha value is -1.09. The summed E-state index contributed by atoms with van der Waals surface area (Å²) in [4.78, 5) is 11.6. The highest BCUT2D eigenvalue weighted by atomic mass is 127. The molecule has 0 aliphatic carbocycles. The van der Waals surface area contributed by atoms with Gasteiger partial charge in [0.05, 0.1) is 25.4 Å². The Labute approximate surface area is 172 Å². The van der Waals surface area contributed by atoms with Crippen molar-refractivity contribution in [1.82, 2.24) is 15.2 Å². The molecule has 0 saturated carbocycles. The average molecular weight is 472 g/mol. The van der Waals surface area contributed by atoms with E-state index < -0.39 is 0 Å². The fourth-order valence-corrected chi connectivity index (χ4v) is 4.53. The van der Waals surface area contributed by atoms with Gasteiger partial charge in [-0.15, -0.1) is 24.0 Å². The number of guanidine groups is 1. The highest BCUT2D eigenvalue weighted by Crippen LogP contribution is 2.47. The normalized spacial score (nSPS) is 29.5. The first-order valence-electron chi connectivity index (χ1n) is 9.55. The van der Waals surface area contributed by atoms with Crippen LogP contribution in [0.1, 0.15) is 32.3 Å². The van der Waals surface area contributed by atoms with Crippen LogP contribution >= 0.6 is 24.0 Å². The first-order valence-corrected chi connectivity index (χ1v) is 9.55. The van der Waals surface area contributed by atoms with Crippen molar-refractivity contribution < 1.29 is 9.47 Å². The first-order chi connectivity index (χ1) is 12.3. The monoisotopic (exact) mass is 472 g/mol. The third kappa shape index (κ3) is 3.78. The van der Waals surface area contributed by atoms with E-state index in [0.29, 0.717) is 43.1 Å². The molecule has 4 atom stereocenters. The molecule has 3 aliphatic heterocycles. The van der Waals surface area contributed by atoms with Crippen molar-refractivity contribution in [3.63, 3.8) is 0 Å². The van der Waals surface area contributed by atoms with Gasteiger partial charge in [-0.3, -0.25) is 0 Å². The Morgan fingerprint density at radius 1 is 1.31 bits per heavy atom. The van der Waals surface area contributed by atoms with Gasteiger partial charge in [-0.2, -0.15) is 0 Å². The van der Waals surface area contributed by atoms with Crippen LogP contribution in [0.15, 0.2) is 23.3 Å². The van der Waals surface area contributed by atoms with E-state index in [9.17, 15) is 0 Å². The summed E-state index contributed by atoms with van der Waals surface area (Å²) in [5.41, 5.74) is 1.03. The number of likely N-dealkylation sites (tertiary alicyclic amines) is 1. The van der Waals surface area contributed by atoms with E-state index in [1.54, 1.807) is 6.20 Å². The quantitative estimate of drug-likeness (QED) is 0.406. The predicted molar refractivity (Wildman–Crippen MR) is 112 cm³/mol. The zero-order chi connectivity index (χ0) is 17.2. The summed E-state index contributed by atoms with van der Waals surface area (Å²) in [7, 11) is 0. The van der Waals surface area contributed by atoms with E-state index >= 15 is 0 Å². The van der Waals surface area contributed by atoms with Crippen LogP contribution in [0.5, 0.6) is 5.88 Å². The molecule has 0 spiro atoms. The molecule has 144 valence electrons. The van der Waals surface area contributed by atoms with Crippen molar-refractivity contribution in [2.45, 2.75) is 45.4 Å². The maximum atomic E-state index is 6.09. The zero-order valence-electron chi connectivity index (χ0n) is 15.6.